The molecule has 1 aliphatic carbocycles. The van der Waals surface area contributed by atoms with Crippen LogP contribution >= 0.6 is 0 Å². The van der Waals surface area contributed by atoms with Gasteiger partial charge in [0, 0.05) is 29.1 Å². The van der Waals surface area contributed by atoms with Crippen LogP contribution in [0.15, 0.2) is 49.2 Å². The fraction of sp³-hybridized carbons (Fsp3) is 0.333. The van der Waals surface area contributed by atoms with Crippen LogP contribution in [0.25, 0.3) is 17.0 Å². The van der Waals surface area contributed by atoms with Crippen LogP contribution in [-0.2, 0) is 15.6 Å². The number of nitrogens with one attached hydrogen (secondary N) is 1. The summed E-state index contributed by atoms with van der Waals surface area (Å²) in [5.41, 5.74) is 2.92. The van der Waals surface area contributed by atoms with Gasteiger partial charge in [-0.15, -0.1) is 0 Å². The number of aliphatic hydroxyl groups is 1. The molecule has 2 aromatic carbocycles. The van der Waals surface area contributed by atoms with Gasteiger partial charge in [0.2, 0.25) is 5.95 Å². The molecule has 1 heterocycles. The predicted molar refractivity (Wildman–Crippen MR) is 127 cm³/mol. The fourth-order valence-electron chi connectivity index (χ4n) is 3.93. The summed E-state index contributed by atoms with van der Waals surface area (Å²) in [6.45, 7) is 3.90. The lowest BCUT2D eigenvalue weighted by Crippen LogP contribution is -2.26. The van der Waals surface area contributed by atoms with Crippen LogP contribution < -0.4 is 10.1 Å². The van der Waals surface area contributed by atoms with Gasteiger partial charge in [0.05, 0.1) is 18.0 Å². The molecule has 0 unspecified atom stereocenters. The number of hydrogen-bond acceptors (Lipinski definition) is 7. The Morgan fingerprint density at radius 3 is 2.72 bits per heavy atom. The second-order valence-electron chi connectivity index (χ2n) is 8.26. The highest BCUT2D eigenvalue weighted by Gasteiger charge is 2.23. The van der Waals surface area contributed by atoms with E-state index in [9.17, 15) is 13.5 Å². The monoisotopic (exact) mass is 453 g/mol. The standard InChI is InChI=1S/C24H27N3O4S/c1-3-17-7-8-18-14-25-24(26-19-6-4-5-16(13-19)15-32(2,29)30)27-22(18)23(17)31-21-11-9-20(28)10-12-21/h3-8,13-14,20-21,28H,1,9-12,15H2,2H3,(H,25,26,27). The molecule has 1 saturated carbocycles. The lowest BCUT2D eigenvalue weighted by molar-refractivity contribution is 0.0671. The van der Waals surface area contributed by atoms with Crippen LogP contribution in [-0.4, -0.2) is 42.0 Å². The Labute approximate surface area is 188 Å². The second-order valence-corrected chi connectivity index (χ2v) is 10.4. The van der Waals surface area contributed by atoms with Crippen molar-refractivity contribution in [2.45, 2.75) is 43.6 Å². The molecule has 1 fully saturated rings. The van der Waals surface area contributed by atoms with Crippen LogP contribution in [0.3, 0.4) is 0 Å². The maximum Gasteiger partial charge on any atom is 0.227 e. The highest BCUT2D eigenvalue weighted by Crippen LogP contribution is 2.33. The van der Waals surface area contributed by atoms with Crippen molar-refractivity contribution in [1.82, 2.24) is 9.97 Å². The van der Waals surface area contributed by atoms with Crippen molar-refractivity contribution in [1.29, 1.82) is 0 Å². The van der Waals surface area contributed by atoms with E-state index in [-0.39, 0.29) is 18.0 Å². The molecule has 0 saturated heterocycles. The normalized spacial score (nSPS) is 18.9. The minimum Gasteiger partial charge on any atom is -0.488 e. The molecule has 4 rings (SSSR count). The highest BCUT2D eigenvalue weighted by atomic mass is 32.2. The van der Waals surface area contributed by atoms with Crippen molar-refractivity contribution in [2.24, 2.45) is 0 Å². The molecule has 2 N–H and O–H groups in total. The Balaban J connectivity index is 1.64. The summed E-state index contributed by atoms with van der Waals surface area (Å²) in [7, 11) is -3.13. The first-order valence-corrected chi connectivity index (χ1v) is 12.7. The smallest absolute Gasteiger partial charge is 0.227 e. The molecular weight excluding hydrogens is 426 g/mol. The number of benzene rings is 2. The Morgan fingerprint density at radius 2 is 2.00 bits per heavy atom. The minimum atomic E-state index is -3.13. The van der Waals surface area contributed by atoms with Crippen molar-refractivity contribution in [2.75, 3.05) is 11.6 Å². The molecule has 0 bridgehead atoms. The summed E-state index contributed by atoms with van der Waals surface area (Å²) in [5, 5.41) is 13.8. The average Bonchev–Trinajstić information content (AvgIpc) is 2.74. The third-order valence-corrected chi connectivity index (χ3v) is 6.35. The van der Waals surface area contributed by atoms with E-state index in [1.165, 1.54) is 6.26 Å². The Hall–Kier alpha value is -2.97. The predicted octanol–water partition coefficient (Wildman–Crippen LogP) is 4.24. The average molecular weight is 454 g/mol. The number of rotatable bonds is 7. The van der Waals surface area contributed by atoms with E-state index in [0.717, 1.165) is 36.6 Å². The number of aliphatic hydroxyl groups excluding tert-OH is 1. The SMILES string of the molecule is C=Cc1ccc2cnc(Nc3cccc(CS(C)(=O)=O)c3)nc2c1OC1CCC(O)CC1. The van der Waals surface area contributed by atoms with E-state index in [2.05, 4.69) is 16.9 Å². The molecule has 1 aliphatic rings. The first kappa shape index (κ1) is 22.2. The quantitative estimate of drug-likeness (QED) is 0.552. The third kappa shape index (κ3) is 5.44. The maximum atomic E-state index is 11.6. The number of ether oxygens (including phenoxy) is 1. The zero-order valence-corrected chi connectivity index (χ0v) is 18.8. The molecule has 0 spiro atoms. The Kier molecular flexibility index (Phi) is 6.43. The van der Waals surface area contributed by atoms with Gasteiger partial charge >= 0.3 is 0 Å². The van der Waals surface area contributed by atoms with Gasteiger partial charge in [-0.05, 0) is 43.4 Å². The van der Waals surface area contributed by atoms with Gasteiger partial charge in [-0.3, -0.25) is 0 Å². The molecule has 0 aliphatic heterocycles. The van der Waals surface area contributed by atoms with Gasteiger partial charge in [0.25, 0.3) is 0 Å². The fourth-order valence-corrected chi connectivity index (χ4v) is 4.72. The summed E-state index contributed by atoms with van der Waals surface area (Å²) >= 11 is 0. The zero-order valence-electron chi connectivity index (χ0n) is 18.0. The Morgan fingerprint density at radius 1 is 1.22 bits per heavy atom. The molecule has 0 radical (unpaired) electrons. The summed E-state index contributed by atoms with van der Waals surface area (Å²) in [5.74, 6) is 1.02. The van der Waals surface area contributed by atoms with Crippen LogP contribution in [0.1, 0.15) is 36.8 Å². The largest absolute Gasteiger partial charge is 0.488 e. The molecule has 32 heavy (non-hydrogen) atoms. The van der Waals surface area contributed by atoms with E-state index >= 15 is 0 Å². The van der Waals surface area contributed by atoms with Crippen molar-refractivity contribution in [3.8, 4) is 5.75 Å². The minimum absolute atomic E-state index is 0.0155. The topological polar surface area (TPSA) is 101 Å². The molecule has 1 aromatic heterocycles. The number of aromatic nitrogens is 2. The first-order chi connectivity index (χ1) is 15.3. The lowest BCUT2D eigenvalue weighted by atomic mass is 9.95. The van der Waals surface area contributed by atoms with Crippen LogP contribution in [0.5, 0.6) is 5.75 Å². The maximum absolute atomic E-state index is 11.6. The number of nitrogens with zero attached hydrogens (tertiary/aromatic N) is 2. The summed E-state index contributed by atoms with van der Waals surface area (Å²) in [6.07, 6.45) is 7.49. The molecule has 8 heteroatoms. The molecule has 3 aromatic rings. The Bertz CT molecular complexity index is 1240. The van der Waals surface area contributed by atoms with E-state index in [1.54, 1.807) is 30.5 Å². The summed E-state index contributed by atoms with van der Waals surface area (Å²) in [6, 6.07) is 11.1. The van der Waals surface area contributed by atoms with Crippen LogP contribution in [0.4, 0.5) is 11.6 Å². The van der Waals surface area contributed by atoms with Gasteiger partial charge in [0.15, 0.2) is 15.6 Å². The zero-order chi connectivity index (χ0) is 22.7. The van der Waals surface area contributed by atoms with E-state index in [4.69, 9.17) is 9.72 Å². The number of hydrogen-bond donors (Lipinski definition) is 2. The number of anilines is 2. The first-order valence-electron chi connectivity index (χ1n) is 10.6. The number of sulfone groups is 1. The van der Waals surface area contributed by atoms with Gasteiger partial charge in [0.1, 0.15) is 5.52 Å². The van der Waals surface area contributed by atoms with Crippen molar-refractivity contribution < 1.29 is 18.3 Å². The molecule has 0 amide bonds. The summed E-state index contributed by atoms with van der Waals surface area (Å²) < 4.78 is 29.6. The second kappa shape index (κ2) is 9.26. The van der Waals surface area contributed by atoms with Crippen LogP contribution in [0, 0.1) is 0 Å². The van der Waals surface area contributed by atoms with E-state index in [1.807, 2.05) is 18.2 Å². The summed E-state index contributed by atoms with van der Waals surface area (Å²) in [4.78, 5) is 9.11. The van der Waals surface area contributed by atoms with Gasteiger partial charge < -0.3 is 15.2 Å². The van der Waals surface area contributed by atoms with Crippen molar-refractivity contribution in [3.63, 3.8) is 0 Å². The van der Waals surface area contributed by atoms with Crippen molar-refractivity contribution in [3.05, 3.63) is 60.3 Å². The highest BCUT2D eigenvalue weighted by molar-refractivity contribution is 7.89. The van der Waals surface area contributed by atoms with E-state index in [0.29, 0.717) is 28.5 Å². The molecule has 7 nitrogen and oxygen atoms in total. The third-order valence-electron chi connectivity index (χ3n) is 5.50. The molecule has 0 atom stereocenters. The van der Waals surface area contributed by atoms with Gasteiger partial charge in [-0.25, -0.2) is 18.4 Å². The lowest BCUT2D eigenvalue weighted by Gasteiger charge is -2.27. The molecular formula is C24H27N3O4S. The van der Waals surface area contributed by atoms with Gasteiger partial charge in [-0.2, -0.15) is 0 Å². The van der Waals surface area contributed by atoms with Gasteiger partial charge in [-0.1, -0.05) is 36.9 Å². The molecule has 168 valence electrons. The van der Waals surface area contributed by atoms with E-state index < -0.39 is 9.84 Å². The van der Waals surface area contributed by atoms with Crippen molar-refractivity contribution >= 4 is 38.5 Å². The number of fused-ring (bicyclic) bond motifs is 1. The van der Waals surface area contributed by atoms with Crippen LogP contribution in [0.2, 0.25) is 0 Å².